The Morgan fingerprint density at radius 2 is 1.33 bits per heavy atom. The second kappa shape index (κ2) is 6.01. The van der Waals surface area contributed by atoms with Crippen molar-refractivity contribution < 1.29 is 14.4 Å². The summed E-state index contributed by atoms with van der Waals surface area (Å²) in [5.41, 5.74) is 1.57. The lowest BCUT2D eigenvalue weighted by Gasteiger charge is -2.18. The lowest BCUT2D eigenvalue weighted by atomic mass is 9.87. The molecule has 0 spiro atoms. The van der Waals surface area contributed by atoms with Gasteiger partial charge in [0.15, 0.2) is 0 Å². The van der Waals surface area contributed by atoms with Crippen LogP contribution in [-0.2, 0) is 5.41 Å². The third-order valence-corrected chi connectivity index (χ3v) is 2.00. The largest absolute Gasteiger partial charge is 0.478 e. The molecule has 1 rings (SSSR count). The summed E-state index contributed by atoms with van der Waals surface area (Å²) in [7, 11) is 8.50. The number of carboxylic acid groups (broad SMARTS) is 1. The first-order chi connectivity index (χ1) is 7.91. The molecule has 3 heteroatoms. The Balaban J connectivity index is 0.000000494. The Kier molecular flexibility index (Phi) is 5.55. The molecule has 0 aliphatic rings. The highest BCUT2D eigenvalue weighted by Crippen LogP contribution is 2.21. The van der Waals surface area contributed by atoms with Gasteiger partial charge in [0.2, 0.25) is 0 Å². The van der Waals surface area contributed by atoms with E-state index in [1.165, 1.54) is 0 Å². The molecular weight excluding hydrogens is 226 g/mol. The fourth-order valence-electron chi connectivity index (χ4n) is 1.11. The Hall–Kier alpha value is -1.35. The minimum atomic E-state index is -0.875. The van der Waals surface area contributed by atoms with Gasteiger partial charge < -0.3 is 9.59 Å². The van der Waals surface area contributed by atoms with Crippen molar-refractivity contribution >= 4 is 5.97 Å². The standard InChI is InChI=1S/C11H14O2.C4H12N/c1-11(2,3)9-6-4-8(5-7-9)10(12)13;1-5(2,3)4/h4-7H,1-3H3,(H,12,13);1-4H3/q;+1. The van der Waals surface area contributed by atoms with Crippen LogP contribution in [0, 0.1) is 0 Å². The van der Waals surface area contributed by atoms with Gasteiger partial charge in [-0.1, -0.05) is 32.9 Å². The summed E-state index contributed by atoms with van der Waals surface area (Å²) in [6.45, 7) is 6.30. The number of carbonyl (C=O) groups is 1. The lowest BCUT2D eigenvalue weighted by Crippen LogP contribution is -2.27. The fourth-order valence-corrected chi connectivity index (χ4v) is 1.11. The first-order valence-electron chi connectivity index (χ1n) is 6.04. The van der Waals surface area contributed by atoms with Crippen LogP contribution in [0.1, 0.15) is 36.7 Å². The molecule has 3 nitrogen and oxygen atoms in total. The van der Waals surface area contributed by atoms with Gasteiger partial charge in [0.05, 0.1) is 33.8 Å². The van der Waals surface area contributed by atoms with Gasteiger partial charge in [0.1, 0.15) is 0 Å². The number of rotatable bonds is 1. The monoisotopic (exact) mass is 252 g/mol. The van der Waals surface area contributed by atoms with Crippen molar-refractivity contribution in [2.75, 3.05) is 28.2 Å². The molecule has 1 aromatic rings. The van der Waals surface area contributed by atoms with E-state index in [2.05, 4.69) is 49.0 Å². The van der Waals surface area contributed by atoms with Crippen molar-refractivity contribution in [3.05, 3.63) is 35.4 Å². The molecule has 102 valence electrons. The van der Waals surface area contributed by atoms with E-state index < -0.39 is 5.97 Å². The average Bonchev–Trinajstić information content (AvgIpc) is 2.14. The van der Waals surface area contributed by atoms with Gasteiger partial charge in [-0.25, -0.2) is 4.79 Å². The van der Waals surface area contributed by atoms with E-state index >= 15 is 0 Å². The highest BCUT2D eigenvalue weighted by molar-refractivity contribution is 5.87. The third kappa shape index (κ3) is 7.85. The summed E-state index contributed by atoms with van der Waals surface area (Å²) in [5.74, 6) is -0.875. The number of aromatic carboxylic acids is 1. The lowest BCUT2D eigenvalue weighted by molar-refractivity contribution is -0.849. The molecule has 0 bridgehead atoms. The van der Waals surface area contributed by atoms with Gasteiger partial charge >= 0.3 is 5.97 Å². The van der Waals surface area contributed by atoms with Crippen LogP contribution in [0.2, 0.25) is 0 Å². The average molecular weight is 252 g/mol. The molecular formula is C15H26NO2+. The van der Waals surface area contributed by atoms with Crippen LogP contribution in [0.4, 0.5) is 0 Å². The van der Waals surface area contributed by atoms with Crippen LogP contribution in [0.3, 0.4) is 0 Å². The maximum Gasteiger partial charge on any atom is 0.335 e. The molecule has 18 heavy (non-hydrogen) atoms. The number of hydrogen-bond acceptors (Lipinski definition) is 1. The Morgan fingerprint density at radius 3 is 1.56 bits per heavy atom. The molecule has 0 radical (unpaired) electrons. The van der Waals surface area contributed by atoms with Crippen molar-refractivity contribution in [2.45, 2.75) is 26.2 Å². The van der Waals surface area contributed by atoms with Crippen LogP contribution >= 0.6 is 0 Å². The van der Waals surface area contributed by atoms with Gasteiger partial charge in [-0.05, 0) is 23.1 Å². The first-order valence-corrected chi connectivity index (χ1v) is 6.04. The summed E-state index contributed by atoms with van der Waals surface area (Å²) < 4.78 is 1.00. The predicted octanol–water partition coefficient (Wildman–Crippen LogP) is 3.00. The molecule has 0 aliphatic carbocycles. The van der Waals surface area contributed by atoms with Gasteiger partial charge in [0.25, 0.3) is 0 Å². The van der Waals surface area contributed by atoms with E-state index in [4.69, 9.17) is 5.11 Å². The molecule has 0 aliphatic heterocycles. The summed E-state index contributed by atoms with van der Waals surface area (Å²) >= 11 is 0. The molecule has 0 amide bonds. The first kappa shape index (κ1) is 16.6. The number of nitrogens with zero attached hydrogens (tertiary/aromatic N) is 1. The molecule has 0 heterocycles. The topological polar surface area (TPSA) is 37.3 Å². The van der Waals surface area contributed by atoms with Gasteiger partial charge in [-0.2, -0.15) is 0 Å². The Bertz CT molecular complexity index is 374. The summed E-state index contributed by atoms with van der Waals surface area (Å²) in [4.78, 5) is 10.6. The number of benzene rings is 1. The van der Waals surface area contributed by atoms with Crippen molar-refractivity contribution in [3.63, 3.8) is 0 Å². The van der Waals surface area contributed by atoms with Crippen LogP contribution in [0.5, 0.6) is 0 Å². The smallest absolute Gasteiger partial charge is 0.335 e. The van der Waals surface area contributed by atoms with Crippen molar-refractivity contribution in [2.24, 2.45) is 0 Å². The van der Waals surface area contributed by atoms with Crippen LogP contribution in [0.25, 0.3) is 0 Å². The molecule has 0 atom stereocenters. The SMILES string of the molecule is CC(C)(C)c1ccc(C(=O)O)cc1.C[N+](C)(C)C. The van der Waals surface area contributed by atoms with Gasteiger partial charge in [0, 0.05) is 0 Å². The summed E-state index contributed by atoms with van der Waals surface area (Å²) in [5, 5.41) is 8.68. The highest BCUT2D eigenvalue weighted by atomic mass is 16.4. The summed E-state index contributed by atoms with van der Waals surface area (Å²) in [6.07, 6.45) is 0. The van der Waals surface area contributed by atoms with Crippen molar-refractivity contribution in [3.8, 4) is 0 Å². The normalized spacial score (nSPS) is 11.5. The zero-order valence-electron chi connectivity index (χ0n) is 12.6. The van der Waals surface area contributed by atoms with E-state index in [-0.39, 0.29) is 5.41 Å². The second-order valence-electron chi connectivity index (χ2n) is 6.82. The van der Waals surface area contributed by atoms with Crippen LogP contribution in [-0.4, -0.2) is 43.7 Å². The van der Waals surface area contributed by atoms with Crippen LogP contribution < -0.4 is 0 Å². The quantitative estimate of drug-likeness (QED) is 0.780. The molecule has 1 N–H and O–H groups in total. The molecule has 0 fully saturated rings. The van der Waals surface area contributed by atoms with E-state index in [0.717, 1.165) is 10.0 Å². The zero-order valence-corrected chi connectivity index (χ0v) is 12.6. The van der Waals surface area contributed by atoms with Crippen molar-refractivity contribution in [1.82, 2.24) is 0 Å². The molecule has 0 saturated carbocycles. The highest BCUT2D eigenvalue weighted by Gasteiger charge is 2.13. The van der Waals surface area contributed by atoms with E-state index in [0.29, 0.717) is 5.56 Å². The number of carboxylic acids is 1. The van der Waals surface area contributed by atoms with E-state index in [1.54, 1.807) is 12.1 Å². The van der Waals surface area contributed by atoms with E-state index in [1.807, 2.05) is 12.1 Å². The van der Waals surface area contributed by atoms with Crippen LogP contribution in [0.15, 0.2) is 24.3 Å². The Morgan fingerprint density at radius 1 is 1.00 bits per heavy atom. The fraction of sp³-hybridized carbons (Fsp3) is 0.533. The number of hydrogen-bond donors (Lipinski definition) is 1. The number of quaternary nitrogens is 1. The molecule has 1 aromatic carbocycles. The predicted molar refractivity (Wildman–Crippen MR) is 76.1 cm³/mol. The molecule has 0 saturated heterocycles. The minimum Gasteiger partial charge on any atom is -0.478 e. The third-order valence-electron chi connectivity index (χ3n) is 2.00. The molecule has 0 aromatic heterocycles. The Labute approximate surface area is 111 Å². The van der Waals surface area contributed by atoms with E-state index in [9.17, 15) is 4.79 Å². The second-order valence-corrected chi connectivity index (χ2v) is 6.82. The van der Waals surface area contributed by atoms with Gasteiger partial charge in [-0.3, -0.25) is 0 Å². The summed E-state index contributed by atoms with van der Waals surface area (Å²) in [6, 6.07) is 7.01. The minimum absolute atomic E-state index is 0.0804. The maximum atomic E-state index is 10.6. The zero-order chi connectivity index (χ0) is 14.6. The van der Waals surface area contributed by atoms with Gasteiger partial charge in [-0.15, -0.1) is 0 Å². The maximum absolute atomic E-state index is 10.6. The molecule has 0 unspecified atom stereocenters. The van der Waals surface area contributed by atoms with Crippen molar-refractivity contribution in [1.29, 1.82) is 0 Å².